The summed E-state index contributed by atoms with van der Waals surface area (Å²) in [5, 5.41) is 1.87. The quantitative estimate of drug-likeness (QED) is 0.661. The minimum absolute atomic E-state index is 0.0526. The number of ether oxygens (including phenoxy) is 3. The summed E-state index contributed by atoms with van der Waals surface area (Å²) >= 11 is 0. The van der Waals surface area contributed by atoms with Gasteiger partial charge in [-0.3, -0.25) is 0 Å². The summed E-state index contributed by atoms with van der Waals surface area (Å²) in [7, 11) is 2.76. The lowest BCUT2D eigenvalue weighted by Crippen LogP contribution is -2.07. The molecule has 3 aromatic rings. The second kappa shape index (κ2) is 7.09. The first-order valence-electron chi connectivity index (χ1n) is 7.53. The highest BCUT2D eigenvalue weighted by molar-refractivity contribution is 5.98. The molecule has 0 aliphatic carbocycles. The van der Waals surface area contributed by atoms with E-state index in [1.54, 1.807) is 18.2 Å². The van der Waals surface area contributed by atoms with Gasteiger partial charge in [0, 0.05) is 0 Å². The number of benzene rings is 2. The molecule has 25 heavy (non-hydrogen) atoms. The molecule has 0 spiro atoms. The highest BCUT2D eigenvalue weighted by Crippen LogP contribution is 2.27. The van der Waals surface area contributed by atoms with Crippen LogP contribution in [0.1, 0.15) is 26.7 Å². The Morgan fingerprint density at radius 3 is 2.36 bits per heavy atom. The molecule has 6 nitrogen and oxygen atoms in total. The van der Waals surface area contributed by atoms with E-state index < -0.39 is 11.9 Å². The molecule has 0 saturated heterocycles. The fraction of sp³-hybridized carbons (Fsp3) is 0.158. The first-order chi connectivity index (χ1) is 12.1. The SMILES string of the molecule is COC(=O)c1ccc(COC(=O)c2cc3ccccc3cc2OC)o1. The Morgan fingerprint density at radius 2 is 1.68 bits per heavy atom. The molecule has 2 aromatic carbocycles. The molecule has 0 unspecified atom stereocenters. The maximum absolute atomic E-state index is 12.4. The maximum Gasteiger partial charge on any atom is 0.373 e. The highest BCUT2D eigenvalue weighted by Gasteiger charge is 2.17. The second-order valence-electron chi connectivity index (χ2n) is 5.23. The van der Waals surface area contributed by atoms with Crippen LogP contribution in [0.2, 0.25) is 0 Å². The summed E-state index contributed by atoms with van der Waals surface area (Å²) in [6, 6.07) is 14.2. The first kappa shape index (κ1) is 16.6. The number of fused-ring (bicyclic) bond motifs is 1. The van der Waals surface area contributed by atoms with E-state index in [0.717, 1.165) is 10.8 Å². The highest BCUT2D eigenvalue weighted by atomic mass is 16.6. The van der Waals surface area contributed by atoms with Gasteiger partial charge in [-0.15, -0.1) is 0 Å². The molecule has 0 amide bonds. The van der Waals surface area contributed by atoms with Gasteiger partial charge >= 0.3 is 11.9 Å². The van der Waals surface area contributed by atoms with Gasteiger partial charge in [0.15, 0.2) is 0 Å². The third-order valence-corrected chi connectivity index (χ3v) is 3.68. The smallest absolute Gasteiger partial charge is 0.373 e. The molecule has 6 heteroatoms. The Bertz CT molecular complexity index is 925. The number of esters is 2. The van der Waals surface area contributed by atoms with Crippen LogP contribution in [-0.2, 0) is 16.1 Å². The molecule has 1 heterocycles. The van der Waals surface area contributed by atoms with Crippen LogP contribution >= 0.6 is 0 Å². The van der Waals surface area contributed by atoms with E-state index in [0.29, 0.717) is 17.1 Å². The number of carbonyl (C=O) groups excluding carboxylic acids is 2. The molecular weight excluding hydrogens is 324 g/mol. The van der Waals surface area contributed by atoms with Gasteiger partial charge in [-0.05, 0) is 35.0 Å². The third-order valence-electron chi connectivity index (χ3n) is 3.68. The minimum Gasteiger partial charge on any atom is -0.496 e. The van der Waals surface area contributed by atoms with Crippen molar-refractivity contribution in [3.63, 3.8) is 0 Å². The van der Waals surface area contributed by atoms with E-state index in [4.69, 9.17) is 13.9 Å². The van der Waals surface area contributed by atoms with Crippen LogP contribution in [0.5, 0.6) is 5.75 Å². The van der Waals surface area contributed by atoms with Crippen molar-refractivity contribution in [2.24, 2.45) is 0 Å². The third kappa shape index (κ3) is 3.47. The number of furan rings is 1. The van der Waals surface area contributed by atoms with E-state index in [2.05, 4.69) is 4.74 Å². The Hall–Kier alpha value is -3.28. The summed E-state index contributed by atoms with van der Waals surface area (Å²) in [5.41, 5.74) is 0.320. The molecule has 0 bridgehead atoms. The van der Waals surface area contributed by atoms with Gasteiger partial charge in [0.2, 0.25) is 5.76 Å². The molecule has 1 aromatic heterocycles. The van der Waals surface area contributed by atoms with E-state index in [-0.39, 0.29) is 12.4 Å². The van der Waals surface area contributed by atoms with Crippen molar-refractivity contribution in [1.82, 2.24) is 0 Å². The zero-order valence-electron chi connectivity index (χ0n) is 13.8. The van der Waals surface area contributed by atoms with Gasteiger partial charge in [0.1, 0.15) is 23.7 Å². The van der Waals surface area contributed by atoms with Crippen LogP contribution in [0.3, 0.4) is 0 Å². The van der Waals surface area contributed by atoms with Crippen molar-refractivity contribution in [3.8, 4) is 5.75 Å². The van der Waals surface area contributed by atoms with Crippen LogP contribution in [0.4, 0.5) is 0 Å². The second-order valence-corrected chi connectivity index (χ2v) is 5.23. The lowest BCUT2D eigenvalue weighted by atomic mass is 10.1. The average Bonchev–Trinajstić information content (AvgIpc) is 3.13. The lowest BCUT2D eigenvalue weighted by Gasteiger charge is -2.10. The van der Waals surface area contributed by atoms with Crippen LogP contribution in [0.25, 0.3) is 10.8 Å². The van der Waals surface area contributed by atoms with Crippen molar-refractivity contribution in [3.05, 3.63) is 65.6 Å². The van der Waals surface area contributed by atoms with Crippen molar-refractivity contribution in [2.45, 2.75) is 6.61 Å². The number of methoxy groups -OCH3 is 2. The molecule has 0 saturated carbocycles. The van der Waals surface area contributed by atoms with Gasteiger partial charge in [0.25, 0.3) is 0 Å². The van der Waals surface area contributed by atoms with Gasteiger partial charge < -0.3 is 18.6 Å². The average molecular weight is 340 g/mol. The number of rotatable bonds is 5. The Morgan fingerprint density at radius 1 is 0.960 bits per heavy atom. The zero-order valence-corrected chi connectivity index (χ0v) is 13.8. The van der Waals surface area contributed by atoms with Gasteiger partial charge in [-0.1, -0.05) is 24.3 Å². The Balaban J connectivity index is 1.77. The van der Waals surface area contributed by atoms with Crippen molar-refractivity contribution in [2.75, 3.05) is 14.2 Å². The number of hydrogen-bond donors (Lipinski definition) is 0. The van der Waals surface area contributed by atoms with Crippen molar-refractivity contribution in [1.29, 1.82) is 0 Å². The first-order valence-corrected chi connectivity index (χ1v) is 7.53. The summed E-state index contributed by atoms with van der Waals surface area (Å²) in [6.45, 7) is -0.105. The molecule has 0 aliphatic heterocycles. The number of carbonyl (C=O) groups is 2. The van der Waals surface area contributed by atoms with E-state index in [9.17, 15) is 9.59 Å². The van der Waals surface area contributed by atoms with Crippen molar-refractivity contribution >= 4 is 22.7 Å². The van der Waals surface area contributed by atoms with Crippen LogP contribution < -0.4 is 4.74 Å². The monoisotopic (exact) mass is 340 g/mol. The fourth-order valence-corrected chi connectivity index (χ4v) is 2.43. The summed E-state index contributed by atoms with van der Waals surface area (Å²) in [6.07, 6.45) is 0. The zero-order chi connectivity index (χ0) is 17.8. The summed E-state index contributed by atoms with van der Waals surface area (Å²) < 4.78 is 20.4. The normalized spacial score (nSPS) is 10.5. The van der Waals surface area contributed by atoms with Crippen molar-refractivity contribution < 1.29 is 28.2 Å². The molecule has 0 radical (unpaired) electrons. The van der Waals surface area contributed by atoms with Crippen LogP contribution in [-0.4, -0.2) is 26.2 Å². The van der Waals surface area contributed by atoms with Gasteiger partial charge in [-0.25, -0.2) is 9.59 Å². The molecular formula is C19H16O6. The van der Waals surface area contributed by atoms with Gasteiger partial charge in [-0.2, -0.15) is 0 Å². The maximum atomic E-state index is 12.4. The summed E-state index contributed by atoms with van der Waals surface area (Å²) in [4.78, 5) is 23.8. The van der Waals surface area contributed by atoms with E-state index in [1.807, 2.05) is 24.3 Å². The Kier molecular flexibility index (Phi) is 4.70. The minimum atomic E-state index is -0.589. The van der Waals surface area contributed by atoms with Crippen LogP contribution in [0, 0.1) is 0 Å². The van der Waals surface area contributed by atoms with Gasteiger partial charge in [0.05, 0.1) is 14.2 Å². The molecule has 0 aliphatic rings. The lowest BCUT2D eigenvalue weighted by molar-refractivity contribution is 0.0435. The van der Waals surface area contributed by atoms with E-state index in [1.165, 1.54) is 20.3 Å². The summed E-state index contributed by atoms with van der Waals surface area (Å²) in [5.74, 6) is -0.309. The molecule has 0 N–H and O–H groups in total. The standard InChI is InChI=1S/C19H16O6/c1-22-17-10-13-6-4-3-5-12(13)9-15(17)18(20)24-11-14-7-8-16(25-14)19(21)23-2/h3-10H,11H2,1-2H3. The molecule has 128 valence electrons. The fourth-order valence-electron chi connectivity index (χ4n) is 2.43. The predicted molar refractivity (Wildman–Crippen MR) is 89.7 cm³/mol. The molecule has 0 atom stereocenters. The molecule has 0 fully saturated rings. The largest absolute Gasteiger partial charge is 0.496 e. The molecule has 3 rings (SSSR count). The predicted octanol–water partition coefficient (Wildman–Crippen LogP) is 3.59. The van der Waals surface area contributed by atoms with Crippen LogP contribution in [0.15, 0.2) is 52.9 Å². The Labute approximate surface area is 143 Å². The topological polar surface area (TPSA) is 75.0 Å². The van der Waals surface area contributed by atoms with E-state index >= 15 is 0 Å². The number of hydrogen-bond acceptors (Lipinski definition) is 6.